The summed E-state index contributed by atoms with van der Waals surface area (Å²) in [6, 6.07) is 7.35. The van der Waals surface area contributed by atoms with E-state index in [0.717, 1.165) is 0 Å². The number of carbonyl (C=O) groups is 1. The van der Waals surface area contributed by atoms with E-state index < -0.39 is 34.7 Å². The molecule has 12 heteroatoms. The number of aliphatic carboxylic acids is 1. The molecule has 0 amide bonds. The summed E-state index contributed by atoms with van der Waals surface area (Å²) in [6.07, 6.45) is 3.28. The Balaban J connectivity index is 1.72. The van der Waals surface area contributed by atoms with E-state index in [1.807, 2.05) is 0 Å². The Morgan fingerprint density at radius 1 is 1.24 bits per heavy atom. The van der Waals surface area contributed by atoms with Crippen molar-refractivity contribution in [2.24, 2.45) is 0 Å². The van der Waals surface area contributed by atoms with E-state index in [1.165, 1.54) is 57.7 Å². The van der Waals surface area contributed by atoms with Gasteiger partial charge in [0.2, 0.25) is 5.89 Å². The van der Waals surface area contributed by atoms with Gasteiger partial charge < -0.3 is 28.7 Å². The van der Waals surface area contributed by atoms with Gasteiger partial charge in [-0.2, -0.15) is 0 Å². The third-order valence-electron chi connectivity index (χ3n) is 7.32. The number of carboxylic acid groups (broad SMARTS) is 1. The van der Waals surface area contributed by atoms with Crippen molar-refractivity contribution in [1.29, 1.82) is 0 Å². The molecule has 216 valence electrons. The lowest BCUT2D eigenvalue weighted by Crippen LogP contribution is -2.50. The van der Waals surface area contributed by atoms with Gasteiger partial charge in [-0.05, 0) is 62.6 Å². The lowest BCUT2D eigenvalue weighted by molar-refractivity contribution is -0.146. The van der Waals surface area contributed by atoms with Crippen molar-refractivity contribution in [3.8, 4) is 17.2 Å². The van der Waals surface area contributed by atoms with Gasteiger partial charge in [0.05, 0.1) is 36.4 Å². The molecule has 1 aliphatic heterocycles. The van der Waals surface area contributed by atoms with Crippen LogP contribution in [0.1, 0.15) is 43.9 Å². The van der Waals surface area contributed by atoms with E-state index >= 15 is 0 Å². The number of ether oxygens (including phenoxy) is 3. The van der Waals surface area contributed by atoms with Gasteiger partial charge in [-0.3, -0.25) is 4.79 Å². The maximum absolute atomic E-state index is 14.5. The molecule has 2 N–H and O–H groups in total. The predicted octanol–water partition coefficient (Wildman–Crippen LogP) is 3.79. The van der Waals surface area contributed by atoms with Crippen LogP contribution in [0.4, 0.5) is 4.39 Å². The first-order chi connectivity index (χ1) is 19.6. The number of aromatic amines is 1. The predicted molar refractivity (Wildman–Crippen MR) is 146 cm³/mol. The molecule has 41 heavy (non-hydrogen) atoms. The van der Waals surface area contributed by atoms with Crippen LogP contribution in [-0.4, -0.2) is 52.0 Å². The molecule has 4 aromatic rings. The van der Waals surface area contributed by atoms with Gasteiger partial charge in [0.15, 0.2) is 0 Å². The van der Waals surface area contributed by atoms with Crippen molar-refractivity contribution >= 4 is 16.9 Å². The van der Waals surface area contributed by atoms with Crippen LogP contribution >= 0.6 is 0 Å². The highest BCUT2D eigenvalue weighted by Crippen LogP contribution is 2.36. The molecule has 0 radical (unpaired) electrons. The van der Waals surface area contributed by atoms with Crippen molar-refractivity contribution in [3.05, 3.63) is 80.6 Å². The number of carboxylic acids is 1. The quantitative estimate of drug-likeness (QED) is 0.308. The Kier molecular flexibility index (Phi) is 7.78. The van der Waals surface area contributed by atoms with Crippen LogP contribution in [0, 0.1) is 5.82 Å². The highest BCUT2D eigenvalue weighted by molar-refractivity contribution is 5.86. The molecule has 0 spiro atoms. The van der Waals surface area contributed by atoms with Crippen molar-refractivity contribution in [2.45, 2.75) is 50.9 Å². The highest BCUT2D eigenvalue weighted by Gasteiger charge is 2.34. The zero-order valence-corrected chi connectivity index (χ0v) is 22.8. The van der Waals surface area contributed by atoms with Gasteiger partial charge >= 0.3 is 11.7 Å². The van der Waals surface area contributed by atoms with Crippen LogP contribution in [0.25, 0.3) is 22.4 Å². The number of aromatic nitrogens is 3. The number of fused-ring (bicyclic) bond motifs is 1. The Bertz CT molecular complexity index is 1690. The van der Waals surface area contributed by atoms with Crippen molar-refractivity contribution < 1.29 is 32.9 Å². The van der Waals surface area contributed by atoms with Crippen molar-refractivity contribution in [1.82, 2.24) is 14.5 Å². The standard InChI is InChI=1S/C29H30FN3O8/c1-29(2,27(35)36)33-26(34)21-13-17(25-31-8-11-40-25)12-16(24(21)32-28(33)37)14-23(41-19-6-9-39-10-7-19)20-15-18(30)4-5-22(20)38-3/h4-5,8,11-13,15,19,23H,6-7,9-10,14H2,1-3H3,(H,32,37)(H,35,36)/t23-/m1/s1. The number of hydrogen-bond acceptors (Lipinski definition) is 8. The average Bonchev–Trinajstić information content (AvgIpc) is 3.48. The minimum absolute atomic E-state index is 0.0562. The summed E-state index contributed by atoms with van der Waals surface area (Å²) in [7, 11) is 1.48. The number of nitrogens with zero attached hydrogens (tertiary/aromatic N) is 2. The molecule has 3 heterocycles. The number of benzene rings is 2. The summed E-state index contributed by atoms with van der Waals surface area (Å²) in [4.78, 5) is 45.8. The Hall–Kier alpha value is -4.29. The number of oxazole rings is 1. The third-order valence-corrected chi connectivity index (χ3v) is 7.32. The van der Waals surface area contributed by atoms with Gasteiger partial charge in [0.25, 0.3) is 5.56 Å². The SMILES string of the molecule is COc1ccc(F)cc1[C@@H](Cc1cc(-c2ncco2)cc2c(=O)n(C(C)(C)C(=O)O)c(=O)[nH]c12)OC1CCOCC1. The topological polar surface area (TPSA) is 146 Å². The molecule has 0 aliphatic carbocycles. The Labute approximate surface area is 233 Å². The minimum atomic E-state index is -1.83. The maximum Gasteiger partial charge on any atom is 0.329 e. The number of hydrogen-bond donors (Lipinski definition) is 2. The first-order valence-corrected chi connectivity index (χ1v) is 13.1. The molecule has 11 nitrogen and oxygen atoms in total. The molecule has 1 saturated heterocycles. The fourth-order valence-corrected chi connectivity index (χ4v) is 5.08. The van der Waals surface area contributed by atoms with E-state index in [-0.39, 0.29) is 29.3 Å². The second-order valence-corrected chi connectivity index (χ2v) is 10.4. The summed E-state index contributed by atoms with van der Waals surface area (Å²) in [5.74, 6) is -1.20. The fraction of sp³-hybridized carbons (Fsp3) is 0.379. The van der Waals surface area contributed by atoms with Crippen LogP contribution in [0.15, 0.2) is 56.8 Å². The summed E-state index contributed by atoms with van der Waals surface area (Å²) in [5.41, 5.74) is -1.95. The molecule has 1 fully saturated rings. The minimum Gasteiger partial charge on any atom is -0.496 e. The molecule has 0 saturated carbocycles. The van der Waals surface area contributed by atoms with Crippen LogP contribution in [0.3, 0.4) is 0 Å². The molecule has 2 aromatic carbocycles. The van der Waals surface area contributed by atoms with E-state index in [1.54, 1.807) is 6.07 Å². The number of nitrogens with one attached hydrogen (secondary N) is 1. The number of halogens is 1. The maximum atomic E-state index is 14.5. The summed E-state index contributed by atoms with van der Waals surface area (Å²) < 4.78 is 38.2. The van der Waals surface area contributed by atoms with Gasteiger partial charge in [0.1, 0.15) is 23.4 Å². The molecule has 1 aliphatic rings. The molecular weight excluding hydrogens is 537 g/mol. The summed E-state index contributed by atoms with van der Waals surface area (Å²) >= 11 is 0. The van der Waals surface area contributed by atoms with E-state index in [4.69, 9.17) is 18.6 Å². The number of H-pyrrole nitrogens is 1. The largest absolute Gasteiger partial charge is 0.496 e. The van der Waals surface area contributed by atoms with Crippen LogP contribution < -0.4 is 16.0 Å². The number of methoxy groups -OCH3 is 1. The molecule has 0 bridgehead atoms. The van der Waals surface area contributed by atoms with Gasteiger partial charge in [-0.15, -0.1) is 0 Å². The van der Waals surface area contributed by atoms with E-state index in [2.05, 4.69) is 9.97 Å². The Morgan fingerprint density at radius 2 is 2.00 bits per heavy atom. The smallest absolute Gasteiger partial charge is 0.329 e. The fourth-order valence-electron chi connectivity index (χ4n) is 5.08. The van der Waals surface area contributed by atoms with E-state index in [0.29, 0.717) is 53.1 Å². The number of rotatable bonds is 9. The monoisotopic (exact) mass is 567 g/mol. The average molecular weight is 568 g/mol. The van der Waals surface area contributed by atoms with Gasteiger partial charge in [-0.25, -0.2) is 23.5 Å². The van der Waals surface area contributed by atoms with Crippen molar-refractivity contribution in [3.63, 3.8) is 0 Å². The molecule has 0 unspecified atom stereocenters. The second-order valence-electron chi connectivity index (χ2n) is 10.4. The van der Waals surface area contributed by atoms with E-state index in [9.17, 15) is 23.9 Å². The van der Waals surface area contributed by atoms with Crippen LogP contribution in [0.2, 0.25) is 0 Å². The summed E-state index contributed by atoms with van der Waals surface area (Å²) in [5, 5.41) is 9.80. The normalized spacial score (nSPS) is 15.2. The molecule has 2 aromatic heterocycles. The highest BCUT2D eigenvalue weighted by atomic mass is 19.1. The third kappa shape index (κ3) is 5.52. The molecule has 1 atom stereocenters. The first kappa shape index (κ1) is 28.2. The zero-order chi connectivity index (χ0) is 29.3. The lowest BCUT2D eigenvalue weighted by atomic mass is 9.95. The van der Waals surface area contributed by atoms with Crippen LogP contribution in [-0.2, 0) is 26.2 Å². The van der Waals surface area contributed by atoms with Gasteiger partial charge in [0, 0.05) is 30.8 Å². The molecule has 5 rings (SSSR count). The first-order valence-electron chi connectivity index (χ1n) is 13.1. The van der Waals surface area contributed by atoms with Gasteiger partial charge in [-0.1, -0.05) is 0 Å². The Morgan fingerprint density at radius 3 is 2.66 bits per heavy atom. The summed E-state index contributed by atoms with van der Waals surface area (Å²) in [6.45, 7) is 3.58. The zero-order valence-electron chi connectivity index (χ0n) is 22.8. The lowest BCUT2D eigenvalue weighted by Gasteiger charge is -2.29. The molecular formula is C29H30FN3O8. The van der Waals surface area contributed by atoms with Crippen molar-refractivity contribution in [2.75, 3.05) is 20.3 Å². The van der Waals surface area contributed by atoms with Crippen LogP contribution in [0.5, 0.6) is 5.75 Å². The second kappa shape index (κ2) is 11.3.